The summed E-state index contributed by atoms with van der Waals surface area (Å²) in [4.78, 5) is 28.2. The Morgan fingerprint density at radius 1 is 1.03 bits per heavy atom. The van der Waals surface area contributed by atoms with Gasteiger partial charge in [-0.25, -0.2) is 0 Å². The first-order chi connectivity index (χ1) is 17.5. The summed E-state index contributed by atoms with van der Waals surface area (Å²) in [6.07, 6.45) is 2.78. The van der Waals surface area contributed by atoms with Gasteiger partial charge >= 0.3 is 0 Å². The minimum Gasteiger partial charge on any atom is -0.481 e. The van der Waals surface area contributed by atoms with Crippen LogP contribution in [0.15, 0.2) is 72.8 Å². The summed E-state index contributed by atoms with van der Waals surface area (Å²) in [5, 5.41) is 3.00. The lowest BCUT2D eigenvalue weighted by Crippen LogP contribution is -2.41. The third kappa shape index (κ3) is 5.30. The van der Waals surface area contributed by atoms with Crippen LogP contribution in [0.5, 0.6) is 5.75 Å². The number of carbonyl (C=O) groups is 2. The molecule has 5 nitrogen and oxygen atoms in total. The third-order valence-electron chi connectivity index (χ3n) is 7.16. The molecule has 3 aromatic carbocycles. The number of carbonyl (C=O) groups excluding carboxylic acids is 2. The van der Waals surface area contributed by atoms with Gasteiger partial charge in [-0.2, -0.15) is 0 Å². The molecule has 1 saturated carbocycles. The van der Waals surface area contributed by atoms with E-state index in [9.17, 15) is 9.59 Å². The van der Waals surface area contributed by atoms with Crippen molar-refractivity contribution in [2.24, 2.45) is 5.92 Å². The van der Waals surface area contributed by atoms with Gasteiger partial charge in [-0.3, -0.25) is 9.59 Å². The molecule has 1 fully saturated rings. The number of ether oxygens (including phenoxy) is 1. The fraction of sp³-hybridized carbons (Fsp3) is 0.355. The number of benzene rings is 3. The lowest BCUT2D eigenvalue weighted by atomic mass is 9.87. The van der Waals surface area contributed by atoms with Gasteiger partial charge in [0.25, 0.3) is 5.91 Å². The van der Waals surface area contributed by atoms with Gasteiger partial charge in [0.05, 0.1) is 6.04 Å². The molecule has 3 aromatic rings. The van der Waals surface area contributed by atoms with Gasteiger partial charge in [0.15, 0.2) is 6.10 Å². The van der Waals surface area contributed by atoms with Crippen molar-refractivity contribution in [3.05, 3.63) is 101 Å². The van der Waals surface area contributed by atoms with Crippen molar-refractivity contribution < 1.29 is 14.3 Å². The summed E-state index contributed by atoms with van der Waals surface area (Å²) in [5.74, 6) is 0.954. The maximum absolute atomic E-state index is 13.3. The number of hydrogen-bond donors (Lipinski definition) is 1. The largest absolute Gasteiger partial charge is 0.481 e. The molecule has 0 radical (unpaired) electrons. The van der Waals surface area contributed by atoms with Crippen molar-refractivity contribution in [1.29, 1.82) is 0 Å². The molecule has 1 heterocycles. The minimum absolute atomic E-state index is 0.125. The number of nitrogens with zero attached hydrogens (tertiary/aromatic N) is 1. The number of nitrogens with one attached hydrogen (secondary N) is 1. The maximum Gasteiger partial charge on any atom is 0.261 e. The zero-order valence-corrected chi connectivity index (χ0v) is 21.1. The second kappa shape index (κ2) is 10.6. The Hall–Kier alpha value is -3.60. The molecule has 5 heteroatoms. The average molecular weight is 483 g/mol. The van der Waals surface area contributed by atoms with Crippen LogP contribution in [0, 0.1) is 12.8 Å². The van der Waals surface area contributed by atoms with Gasteiger partial charge in [-0.15, -0.1) is 0 Å². The fourth-order valence-electron chi connectivity index (χ4n) is 5.05. The van der Waals surface area contributed by atoms with Crippen molar-refractivity contribution in [2.75, 3.05) is 6.54 Å². The minimum atomic E-state index is -0.586. The smallest absolute Gasteiger partial charge is 0.261 e. The second-order valence-electron chi connectivity index (χ2n) is 9.95. The Bertz CT molecular complexity index is 1240. The van der Waals surface area contributed by atoms with E-state index in [1.165, 1.54) is 11.1 Å². The van der Waals surface area contributed by atoms with Gasteiger partial charge in [0, 0.05) is 19.0 Å². The first-order valence-corrected chi connectivity index (χ1v) is 13.0. The number of hydrogen-bond acceptors (Lipinski definition) is 3. The van der Waals surface area contributed by atoms with Gasteiger partial charge in [0.2, 0.25) is 5.91 Å². The average Bonchev–Trinajstić information content (AvgIpc) is 3.75. The van der Waals surface area contributed by atoms with E-state index in [0.29, 0.717) is 18.7 Å². The van der Waals surface area contributed by atoms with Crippen LogP contribution in [0.4, 0.5) is 0 Å². The van der Waals surface area contributed by atoms with E-state index in [4.69, 9.17) is 4.74 Å². The van der Waals surface area contributed by atoms with E-state index in [2.05, 4.69) is 47.5 Å². The molecule has 0 bridgehead atoms. The molecule has 5 rings (SSSR count). The monoisotopic (exact) mass is 482 g/mol. The highest BCUT2D eigenvalue weighted by Crippen LogP contribution is 2.41. The predicted molar refractivity (Wildman–Crippen MR) is 141 cm³/mol. The van der Waals surface area contributed by atoms with E-state index in [1.807, 2.05) is 49.4 Å². The van der Waals surface area contributed by atoms with Crippen molar-refractivity contribution in [1.82, 2.24) is 10.2 Å². The molecule has 1 N–H and O–H groups in total. The topological polar surface area (TPSA) is 58.6 Å². The van der Waals surface area contributed by atoms with Gasteiger partial charge in [0.1, 0.15) is 5.75 Å². The third-order valence-corrected chi connectivity index (χ3v) is 7.16. The summed E-state index contributed by atoms with van der Waals surface area (Å²) in [5.41, 5.74) is 5.67. The molecule has 186 valence electrons. The van der Waals surface area contributed by atoms with Crippen LogP contribution in [0.1, 0.15) is 60.0 Å². The Morgan fingerprint density at radius 3 is 2.56 bits per heavy atom. The highest BCUT2D eigenvalue weighted by molar-refractivity contribution is 5.82. The van der Waals surface area contributed by atoms with Gasteiger partial charge in [-0.1, -0.05) is 73.2 Å². The lowest BCUT2D eigenvalue weighted by molar-refractivity contribution is -0.134. The van der Waals surface area contributed by atoms with Gasteiger partial charge in [-0.05, 0) is 67.0 Å². The standard InChI is InChI=1S/C31H34N2O3/c1-3-28(30(34)32-20-22-9-5-4-6-10-22)36-26-15-14-23-16-17-33(31(35)24-12-13-24)29(27(23)19-26)25-11-7-8-21(2)18-25/h4-11,14-15,18-19,24,28-29H,3,12-13,16-17,20H2,1-2H3,(H,32,34)/t28-,29+/m0/s1. The van der Waals surface area contributed by atoms with Crippen molar-refractivity contribution >= 4 is 11.8 Å². The molecule has 2 amide bonds. The second-order valence-corrected chi connectivity index (χ2v) is 9.95. The summed E-state index contributed by atoms with van der Waals surface area (Å²) in [6, 6.07) is 24.3. The molecule has 0 spiro atoms. The van der Waals surface area contributed by atoms with Crippen LogP contribution in [0.3, 0.4) is 0 Å². The summed E-state index contributed by atoms with van der Waals surface area (Å²) in [6.45, 7) is 5.23. The lowest BCUT2D eigenvalue weighted by Gasteiger charge is -2.38. The summed E-state index contributed by atoms with van der Waals surface area (Å²) >= 11 is 0. The molecule has 2 aliphatic rings. The number of rotatable bonds is 8. The Morgan fingerprint density at radius 2 is 1.83 bits per heavy atom. The number of aryl methyl sites for hydroxylation is 1. The van der Waals surface area contributed by atoms with Crippen LogP contribution in [-0.2, 0) is 22.6 Å². The Kier molecular flexibility index (Phi) is 7.08. The van der Waals surface area contributed by atoms with Crippen LogP contribution in [0.25, 0.3) is 0 Å². The highest BCUT2D eigenvalue weighted by atomic mass is 16.5. The van der Waals surface area contributed by atoms with Crippen LogP contribution in [0.2, 0.25) is 0 Å². The molecule has 0 unspecified atom stereocenters. The predicted octanol–water partition coefficient (Wildman–Crippen LogP) is 5.35. The van der Waals surface area contributed by atoms with Crippen LogP contribution in [-0.4, -0.2) is 29.4 Å². The van der Waals surface area contributed by atoms with Crippen molar-refractivity contribution in [2.45, 2.75) is 58.2 Å². The van der Waals surface area contributed by atoms with E-state index < -0.39 is 6.10 Å². The Labute approximate surface area is 213 Å². The Balaban J connectivity index is 1.39. The van der Waals surface area contributed by atoms with Gasteiger partial charge < -0.3 is 15.0 Å². The van der Waals surface area contributed by atoms with Crippen LogP contribution < -0.4 is 10.1 Å². The van der Waals surface area contributed by atoms with E-state index >= 15 is 0 Å². The molecule has 0 saturated heterocycles. The van der Waals surface area contributed by atoms with Crippen LogP contribution >= 0.6 is 0 Å². The zero-order valence-electron chi connectivity index (χ0n) is 21.1. The number of fused-ring (bicyclic) bond motifs is 1. The normalized spacial score (nSPS) is 17.7. The number of amides is 2. The molecule has 1 aliphatic heterocycles. The fourth-order valence-corrected chi connectivity index (χ4v) is 5.05. The molecule has 1 aliphatic carbocycles. The van der Waals surface area contributed by atoms with Crippen molar-refractivity contribution in [3.8, 4) is 5.75 Å². The molecule has 36 heavy (non-hydrogen) atoms. The molecular formula is C31H34N2O3. The van der Waals surface area contributed by atoms with Crippen molar-refractivity contribution in [3.63, 3.8) is 0 Å². The zero-order chi connectivity index (χ0) is 25.1. The maximum atomic E-state index is 13.3. The molecular weight excluding hydrogens is 448 g/mol. The summed E-state index contributed by atoms with van der Waals surface area (Å²) < 4.78 is 6.23. The molecule has 0 aromatic heterocycles. The first kappa shape index (κ1) is 24.1. The first-order valence-electron chi connectivity index (χ1n) is 13.0. The highest BCUT2D eigenvalue weighted by Gasteiger charge is 2.39. The quantitative estimate of drug-likeness (QED) is 0.471. The summed E-state index contributed by atoms with van der Waals surface area (Å²) in [7, 11) is 0. The van der Waals surface area contributed by atoms with E-state index in [-0.39, 0.29) is 23.8 Å². The van der Waals surface area contributed by atoms with E-state index in [0.717, 1.165) is 42.5 Å². The molecule has 2 atom stereocenters. The van der Waals surface area contributed by atoms with E-state index in [1.54, 1.807) is 0 Å². The SMILES string of the molecule is CC[C@H](Oc1ccc2c(c1)[C@@H](c1cccc(C)c1)N(C(=O)C1CC1)CC2)C(=O)NCc1ccccc1.